The van der Waals surface area contributed by atoms with Gasteiger partial charge in [-0.1, -0.05) is 53.1 Å². The third kappa shape index (κ3) is 5.84. The molecule has 2 rings (SSSR count). The molecule has 122 valence electrons. The highest BCUT2D eigenvalue weighted by Gasteiger charge is 2.31. The van der Waals surface area contributed by atoms with Crippen molar-refractivity contribution in [2.45, 2.75) is 54.1 Å². The van der Waals surface area contributed by atoms with Gasteiger partial charge in [0.25, 0.3) is 0 Å². The van der Waals surface area contributed by atoms with E-state index in [9.17, 15) is 4.79 Å². The van der Waals surface area contributed by atoms with Crippen LogP contribution in [0.1, 0.15) is 47.1 Å². The van der Waals surface area contributed by atoms with Crippen molar-refractivity contribution >= 4 is 23.3 Å². The van der Waals surface area contributed by atoms with Crippen molar-refractivity contribution in [3.63, 3.8) is 0 Å². The monoisotopic (exact) mass is 317 g/mol. The number of nitrogen functional groups attached to an aromatic ring is 1. The van der Waals surface area contributed by atoms with Crippen LogP contribution in [0.4, 0.5) is 5.69 Å². The number of methoxy groups -OCH3 is 1. The molecule has 4 nitrogen and oxygen atoms in total. The van der Waals surface area contributed by atoms with Gasteiger partial charge in [-0.3, -0.25) is 0 Å². The fourth-order valence-electron chi connectivity index (χ4n) is 1.57. The van der Waals surface area contributed by atoms with Gasteiger partial charge in [-0.2, -0.15) is 0 Å². The SMILES string of the molecule is CC.CC.CC.COC(=O)C1Cc2c(ccc(N)c2Cl)O1. The fourth-order valence-corrected chi connectivity index (χ4v) is 1.80. The van der Waals surface area contributed by atoms with Crippen molar-refractivity contribution in [2.75, 3.05) is 12.8 Å². The summed E-state index contributed by atoms with van der Waals surface area (Å²) in [6.07, 6.45) is -0.199. The van der Waals surface area contributed by atoms with Crippen molar-refractivity contribution in [3.05, 3.63) is 22.7 Å². The Labute approximate surface area is 133 Å². The Kier molecular flexibility index (Phi) is 12.8. The van der Waals surface area contributed by atoms with Gasteiger partial charge in [-0.25, -0.2) is 4.79 Å². The van der Waals surface area contributed by atoms with Gasteiger partial charge in [0, 0.05) is 12.0 Å². The molecular weight excluding hydrogens is 290 g/mol. The Bertz CT molecular complexity index is 422. The highest BCUT2D eigenvalue weighted by atomic mass is 35.5. The van der Waals surface area contributed by atoms with Crippen LogP contribution >= 0.6 is 11.6 Å². The molecule has 0 bridgehead atoms. The van der Waals surface area contributed by atoms with Gasteiger partial charge in [0.1, 0.15) is 5.75 Å². The molecule has 0 saturated heterocycles. The molecule has 0 spiro atoms. The number of ether oxygens (including phenoxy) is 2. The largest absolute Gasteiger partial charge is 0.478 e. The quantitative estimate of drug-likeness (QED) is 0.613. The van der Waals surface area contributed by atoms with Crippen LogP contribution in [0.2, 0.25) is 5.02 Å². The first-order valence-electron chi connectivity index (χ1n) is 7.45. The normalized spacial score (nSPS) is 13.8. The zero-order chi connectivity index (χ0) is 17.0. The highest BCUT2D eigenvalue weighted by Crippen LogP contribution is 2.37. The van der Waals surface area contributed by atoms with Crippen molar-refractivity contribution in [2.24, 2.45) is 0 Å². The van der Waals surface area contributed by atoms with Crippen LogP contribution in [-0.4, -0.2) is 19.2 Å². The maximum Gasteiger partial charge on any atom is 0.347 e. The predicted molar refractivity (Wildman–Crippen MR) is 90.0 cm³/mol. The van der Waals surface area contributed by atoms with Gasteiger partial charge in [0.2, 0.25) is 0 Å². The number of carbonyl (C=O) groups is 1. The third-order valence-electron chi connectivity index (χ3n) is 2.35. The van der Waals surface area contributed by atoms with E-state index in [-0.39, 0.29) is 0 Å². The lowest BCUT2D eigenvalue weighted by molar-refractivity contribution is -0.147. The Morgan fingerprint density at radius 1 is 1.24 bits per heavy atom. The average molecular weight is 318 g/mol. The van der Waals surface area contributed by atoms with E-state index in [2.05, 4.69) is 4.74 Å². The van der Waals surface area contributed by atoms with Crippen LogP contribution in [0.15, 0.2) is 12.1 Å². The molecule has 1 aliphatic rings. The zero-order valence-corrected chi connectivity index (χ0v) is 14.9. The minimum Gasteiger partial charge on any atom is -0.478 e. The zero-order valence-electron chi connectivity index (χ0n) is 14.1. The van der Waals surface area contributed by atoms with Crippen LogP contribution < -0.4 is 10.5 Å². The molecule has 0 amide bonds. The number of nitrogens with two attached hydrogens (primary N) is 1. The number of fused-ring (bicyclic) bond motifs is 1. The third-order valence-corrected chi connectivity index (χ3v) is 2.80. The molecule has 0 aliphatic carbocycles. The minimum atomic E-state index is -0.607. The lowest BCUT2D eigenvalue weighted by atomic mass is 10.1. The van der Waals surface area contributed by atoms with E-state index in [1.54, 1.807) is 12.1 Å². The number of rotatable bonds is 1. The molecule has 2 N–H and O–H groups in total. The number of benzene rings is 1. The van der Waals surface area contributed by atoms with Crippen molar-refractivity contribution in [3.8, 4) is 5.75 Å². The first-order valence-corrected chi connectivity index (χ1v) is 7.82. The van der Waals surface area contributed by atoms with Crippen LogP contribution in [0.5, 0.6) is 5.75 Å². The first-order chi connectivity index (χ1) is 10.1. The van der Waals surface area contributed by atoms with Crippen LogP contribution in [-0.2, 0) is 16.0 Å². The molecular formula is C16H28ClNO3. The first kappa shape index (κ1) is 21.9. The number of esters is 1. The van der Waals surface area contributed by atoms with E-state index in [0.717, 1.165) is 5.56 Å². The predicted octanol–water partition coefficient (Wildman–Crippen LogP) is 4.48. The van der Waals surface area contributed by atoms with Gasteiger partial charge in [0.15, 0.2) is 6.10 Å². The van der Waals surface area contributed by atoms with E-state index in [4.69, 9.17) is 22.1 Å². The molecule has 1 aromatic rings. The number of anilines is 1. The van der Waals surface area contributed by atoms with Gasteiger partial charge in [-0.05, 0) is 12.1 Å². The molecule has 0 saturated carbocycles. The molecule has 1 aliphatic heterocycles. The minimum absolute atomic E-state index is 0.402. The topological polar surface area (TPSA) is 61.5 Å². The van der Waals surface area contributed by atoms with E-state index >= 15 is 0 Å². The molecule has 5 heteroatoms. The number of hydrogen-bond acceptors (Lipinski definition) is 4. The number of hydrogen-bond donors (Lipinski definition) is 1. The second-order valence-corrected chi connectivity index (χ2v) is 3.66. The van der Waals surface area contributed by atoms with E-state index in [0.29, 0.717) is 22.9 Å². The Hall–Kier alpha value is -1.42. The summed E-state index contributed by atoms with van der Waals surface area (Å²) in [7, 11) is 1.32. The van der Waals surface area contributed by atoms with Gasteiger partial charge in [-0.15, -0.1) is 0 Å². The van der Waals surface area contributed by atoms with Gasteiger partial charge >= 0.3 is 5.97 Å². The van der Waals surface area contributed by atoms with Crippen LogP contribution in [0.3, 0.4) is 0 Å². The average Bonchev–Trinajstić information content (AvgIpc) is 3.01. The summed E-state index contributed by atoms with van der Waals surface area (Å²) in [5.74, 6) is 0.199. The van der Waals surface area contributed by atoms with Crippen molar-refractivity contribution < 1.29 is 14.3 Å². The van der Waals surface area contributed by atoms with E-state index < -0.39 is 12.1 Å². The second-order valence-electron chi connectivity index (χ2n) is 3.28. The summed E-state index contributed by atoms with van der Waals surface area (Å²) in [5, 5.41) is 0.457. The molecule has 1 aromatic carbocycles. The summed E-state index contributed by atoms with van der Waals surface area (Å²) in [4.78, 5) is 11.3. The summed E-state index contributed by atoms with van der Waals surface area (Å²) in [6.45, 7) is 12.0. The van der Waals surface area contributed by atoms with E-state index in [1.807, 2.05) is 41.5 Å². The molecule has 1 unspecified atom stereocenters. The molecule has 21 heavy (non-hydrogen) atoms. The second kappa shape index (κ2) is 12.3. The summed E-state index contributed by atoms with van der Waals surface area (Å²) >= 11 is 5.99. The maximum atomic E-state index is 11.3. The van der Waals surface area contributed by atoms with Crippen LogP contribution in [0.25, 0.3) is 0 Å². The van der Waals surface area contributed by atoms with Crippen LogP contribution in [0, 0.1) is 0 Å². The fraction of sp³-hybridized carbons (Fsp3) is 0.562. The summed E-state index contributed by atoms with van der Waals surface area (Å²) in [5.41, 5.74) is 6.90. The molecule has 0 radical (unpaired) electrons. The standard InChI is InChI=1S/C10H10ClNO3.3C2H6/c1-14-10(13)8-4-5-7(15-8)3-2-6(12)9(5)11;3*1-2/h2-3,8H,4,12H2,1H3;3*1-2H3. The smallest absolute Gasteiger partial charge is 0.347 e. The van der Waals surface area contributed by atoms with Gasteiger partial charge in [0.05, 0.1) is 17.8 Å². The van der Waals surface area contributed by atoms with Crippen molar-refractivity contribution in [1.29, 1.82) is 0 Å². The van der Waals surface area contributed by atoms with Crippen molar-refractivity contribution in [1.82, 2.24) is 0 Å². The van der Waals surface area contributed by atoms with Gasteiger partial charge < -0.3 is 15.2 Å². The molecule has 0 fully saturated rings. The van der Waals surface area contributed by atoms with E-state index in [1.165, 1.54) is 7.11 Å². The molecule has 0 aromatic heterocycles. The summed E-state index contributed by atoms with van der Waals surface area (Å²) in [6, 6.07) is 3.36. The summed E-state index contributed by atoms with van der Waals surface area (Å²) < 4.78 is 9.98. The lowest BCUT2D eigenvalue weighted by Gasteiger charge is -2.06. The molecule has 1 atom stereocenters. The number of halogens is 1. The maximum absolute atomic E-state index is 11.3. The Morgan fingerprint density at radius 3 is 2.24 bits per heavy atom. The number of carbonyl (C=O) groups excluding carboxylic acids is 1. The molecule has 1 heterocycles. The Balaban J connectivity index is 0. The lowest BCUT2D eigenvalue weighted by Crippen LogP contribution is -2.26. The Morgan fingerprint density at radius 2 is 1.76 bits per heavy atom. The highest BCUT2D eigenvalue weighted by molar-refractivity contribution is 6.34.